The van der Waals surface area contributed by atoms with Gasteiger partial charge in [0.2, 0.25) is 0 Å². The molecule has 0 unspecified atom stereocenters. The van der Waals surface area contributed by atoms with E-state index >= 15 is 0 Å². The molecule has 1 amide bonds. The number of hydrogen-bond acceptors (Lipinski definition) is 3. The number of pyridine rings is 1. The van der Waals surface area contributed by atoms with Crippen molar-refractivity contribution in [2.24, 2.45) is 0 Å². The van der Waals surface area contributed by atoms with Crippen molar-refractivity contribution in [3.63, 3.8) is 0 Å². The van der Waals surface area contributed by atoms with Crippen molar-refractivity contribution >= 4 is 11.6 Å². The Bertz CT molecular complexity index is 379. The number of carbonyl (C=O) groups is 1. The zero-order valence-corrected chi connectivity index (χ0v) is 12.0. The molecule has 0 aliphatic carbocycles. The lowest BCUT2D eigenvalue weighted by molar-refractivity contribution is 0.0953. The van der Waals surface area contributed by atoms with E-state index in [0.29, 0.717) is 5.56 Å². The van der Waals surface area contributed by atoms with Crippen LogP contribution < -0.4 is 10.6 Å². The predicted molar refractivity (Wildman–Crippen MR) is 79.5 cm³/mol. The van der Waals surface area contributed by atoms with E-state index in [9.17, 15) is 4.79 Å². The van der Waals surface area contributed by atoms with Gasteiger partial charge in [-0.2, -0.15) is 0 Å². The Hall–Kier alpha value is -1.58. The van der Waals surface area contributed by atoms with Crippen molar-refractivity contribution in [1.82, 2.24) is 10.3 Å². The monoisotopic (exact) mass is 263 g/mol. The number of amides is 1. The van der Waals surface area contributed by atoms with Crippen LogP contribution in [0.5, 0.6) is 0 Å². The summed E-state index contributed by atoms with van der Waals surface area (Å²) in [5, 5.41) is 5.94. The van der Waals surface area contributed by atoms with E-state index in [1.165, 1.54) is 32.1 Å². The number of carbonyl (C=O) groups excluding carboxylic acids is 1. The first kappa shape index (κ1) is 15.5. The van der Waals surface area contributed by atoms with Crippen LogP contribution in [-0.2, 0) is 0 Å². The van der Waals surface area contributed by atoms with E-state index in [0.717, 1.165) is 18.7 Å². The molecule has 0 aromatic carbocycles. The lowest BCUT2D eigenvalue weighted by atomic mass is 10.1. The van der Waals surface area contributed by atoms with Crippen LogP contribution in [-0.4, -0.2) is 24.5 Å². The second kappa shape index (κ2) is 9.36. The van der Waals surface area contributed by atoms with Crippen LogP contribution in [0.3, 0.4) is 0 Å². The highest BCUT2D eigenvalue weighted by molar-refractivity contribution is 5.99. The molecule has 1 aromatic rings. The van der Waals surface area contributed by atoms with Crippen molar-refractivity contribution in [3.05, 3.63) is 24.0 Å². The molecular weight excluding hydrogens is 238 g/mol. The normalized spacial score (nSPS) is 10.2. The summed E-state index contributed by atoms with van der Waals surface area (Å²) in [4.78, 5) is 16.0. The summed E-state index contributed by atoms with van der Waals surface area (Å²) >= 11 is 0. The van der Waals surface area contributed by atoms with Gasteiger partial charge in [0.15, 0.2) is 0 Å². The van der Waals surface area contributed by atoms with E-state index in [1.807, 2.05) is 0 Å². The Morgan fingerprint density at radius 1 is 1.21 bits per heavy atom. The van der Waals surface area contributed by atoms with Crippen LogP contribution in [0.25, 0.3) is 0 Å². The maximum Gasteiger partial charge on any atom is 0.253 e. The third-order valence-corrected chi connectivity index (χ3v) is 3.15. The third-order valence-electron chi connectivity index (χ3n) is 3.15. The first-order valence-electron chi connectivity index (χ1n) is 7.19. The molecule has 0 aliphatic rings. The van der Waals surface area contributed by atoms with Crippen LogP contribution in [0, 0.1) is 0 Å². The molecule has 0 saturated carbocycles. The molecule has 4 heteroatoms. The van der Waals surface area contributed by atoms with E-state index < -0.39 is 0 Å². The number of anilines is 1. The van der Waals surface area contributed by atoms with Gasteiger partial charge in [0.1, 0.15) is 0 Å². The van der Waals surface area contributed by atoms with Gasteiger partial charge in [0.05, 0.1) is 17.4 Å². The van der Waals surface area contributed by atoms with Crippen molar-refractivity contribution in [2.75, 3.05) is 18.9 Å². The van der Waals surface area contributed by atoms with Gasteiger partial charge in [0, 0.05) is 19.8 Å². The number of nitrogens with zero attached hydrogens (tertiary/aromatic N) is 1. The molecule has 19 heavy (non-hydrogen) atoms. The van der Waals surface area contributed by atoms with Gasteiger partial charge >= 0.3 is 0 Å². The molecule has 1 heterocycles. The van der Waals surface area contributed by atoms with E-state index in [4.69, 9.17) is 0 Å². The number of unbranched alkanes of at least 4 members (excludes halogenated alkanes) is 5. The van der Waals surface area contributed by atoms with Crippen molar-refractivity contribution < 1.29 is 4.79 Å². The number of rotatable bonds is 9. The first-order chi connectivity index (χ1) is 9.29. The highest BCUT2D eigenvalue weighted by atomic mass is 16.1. The fourth-order valence-electron chi connectivity index (χ4n) is 1.99. The SMILES string of the molecule is CCCCCCCCNC(=O)c1ccncc1NC. The smallest absolute Gasteiger partial charge is 0.253 e. The molecule has 2 N–H and O–H groups in total. The Balaban J connectivity index is 2.24. The zero-order valence-electron chi connectivity index (χ0n) is 12.0. The maximum absolute atomic E-state index is 12.0. The highest BCUT2D eigenvalue weighted by Gasteiger charge is 2.09. The molecule has 0 atom stereocenters. The molecule has 0 fully saturated rings. The van der Waals surface area contributed by atoms with Gasteiger partial charge in [-0.25, -0.2) is 0 Å². The number of nitrogens with one attached hydrogen (secondary N) is 2. The summed E-state index contributed by atoms with van der Waals surface area (Å²) in [5.41, 5.74) is 1.42. The molecule has 0 saturated heterocycles. The van der Waals surface area contributed by atoms with Crippen molar-refractivity contribution in [1.29, 1.82) is 0 Å². The fourth-order valence-corrected chi connectivity index (χ4v) is 1.99. The zero-order chi connectivity index (χ0) is 13.9. The highest BCUT2D eigenvalue weighted by Crippen LogP contribution is 2.12. The average molecular weight is 263 g/mol. The minimum atomic E-state index is -0.0275. The summed E-state index contributed by atoms with van der Waals surface area (Å²) in [6, 6.07) is 1.74. The second-order valence-electron chi connectivity index (χ2n) is 4.69. The molecule has 1 aromatic heterocycles. The van der Waals surface area contributed by atoms with Crippen LogP contribution in [0.2, 0.25) is 0 Å². The largest absolute Gasteiger partial charge is 0.386 e. The minimum Gasteiger partial charge on any atom is -0.386 e. The predicted octanol–water partition coefficient (Wildman–Crippen LogP) is 3.21. The van der Waals surface area contributed by atoms with Crippen molar-refractivity contribution in [2.45, 2.75) is 45.4 Å². The van der Waals surface area contributed by atoms with Gasteiger partial charge in [-0.15, -0.1) is 0 Å². The molecule has 4 nitrogen and oxygen atoms in total. The van der Waals surface area contributed by atoms with Crippen molar-refractivity contribution in [3.8, 4) is 0 Å². The number of aromatic nitrogens is 1. The summed E-state index contributed by atoms with van der Waals surface area (Å²) in [6.07, 6.45) is 10.7. The van der Waals surface area contributed by atoms with Crippen LogP contribution in [0.1, 0.15) is 55.8 Å². The molecule has 0 bridgehead atoms. The van der Waals surface area contributed by atoms with Gasteiger partial charge < -0.3 is 10.6 Å². The maximum atomic E-state index is 12.0. The summed E-state index contributed by atoms with van der Waals surface area (Å²) in [7, 11) is 1.79. The number of hydrogen-bond donors (Lipinski definition) is 2. The molecule has 0 radical (unpaired) electrons. The Labute approximate surface area is 116 Å². The van der Waals surface area contributed by atoms with E-state index in [-0.39, 0.29) is 5.91 Å². The Morgan fingerprint density at radius 2 is 1.95 bits per heavy atom. The Morgan fingerprint density at radius 3 is 2.68 bits per heavy atom. The van der Waals surface area contributed by atoms with Crippen LogP contribution >= 0.6 is 0 Å². The summed E-state index contributed by atoms with van der Waals surface area (Å²) in [6.45, 7) is 2.96. The quantitative estimate of drug-likeness (QED) is 0.673. The minimum absolute atomic E-state index is 0.0275. The fraction of sp³-hybridized carbons (Fsp3) is 0.600. The molecule has 0 spiro atoms. The molecule has 0 aliphatic heterocycles. The van der Waals surface area contributed by atoms with Gasteiger partial charge in [0.25, 0.3) is 5.91 Å². The topological polar surface area (TPSA) is 54.0 Å². The van der Waals surface area contributed by atoms with Gasteiger partial charge in [-0.1, -0.05) is 39.0 Å². The third kappa shape index (κ3) is 5.73. The average Bonchev–Trinajstić information content (AvgIpc) is 2.46. The van der Waals surface area contributed by atoms with Gasteiger partial charge in [-0.05, 0) is 12.5 Å². The molecular formula is C15H25N3O. The van der Waals surface area contributed by atoms with Gasteiger partial charge in [-0.3, -0.25) is 9.78 Å². The summed E-state index contributed by atoms with van der Waals surface area (Å²) in [5.74, 6) is -0.0275. The summed E-state index contributed by atoms with van der Waals surface area (Å²) < 4.78 is 0. The first-order valence-corrected chi connectivity index (χ1v) is 7.19. The Kier molecular flexibility index (Phi) is 7.63. The lowest BCUT2D eigenvalue weighted by Crippen LogP contribution is -2.25. The second-order valence-corrected chi connectivity index (χ2v) is 4.69. The standard InChI is InChI=1S/C15H25N3O/c1-3-4-5-6-7-8-10-18-15(19)13-9-11-17-12-14(13)16-2/h9,11-12,16H,3-8,10H2,1-2H3,(H,18,19). The van der Waals surface area contributed by atoms with E-state index in [2.05, 4.69) is 22.5 Å². The van der Waals surface area contributed by atoms with Crippen LogP contribution in [0.4, 0.5) is 5.69 Å². The van der Waals surface area contributed by atoms with E-state index in [1.54, 1.807) is 25.5 Å². The molecule has 106 valence electrons. The van der Waals surface area contributed by atoms with Crippen LogP contribution in [0.15, 0.2) is 18.5 Å². The lowest BCUT2D eigenvalue weighted by Gasteiger charge is -2.09. The molecule has 1 rings (SSSR count).